The van der Waals surface area contributed by atoms with Crippen molar-refractivity contribution in [1.29, 1.82) is 0 Å². The fourth-order valence-corrected chi connectivity index (χ4v) is 3.26. The number of hydrogen-bond donors (Lipinski definition) is 0. The van der Waals surface area contributed by atoms with Gasteiger partial charge in [0.2, 0.25) is 0 Å². The first kappa shape index (κ1) is 12.7. The maximum Gasteiger partial charge on any atom is 0.0654 e. The van der Waals surface area contributed by atoms with Crippen LogP contribution in [-0.2, 0) is 4.74 Å². The molecule has 2 aliphatic rings. The van der Waals surface area contributed by atoms with E-state index in [4.69, 9.17) is 10.3 Å². The Labute approximate surface area is 103 Å². The van der Waals surface area contributed by atoms with Gasteiger partial charge in [-0.3, -0.25) is 4.90 Å². The monoisotopic (exact) mass is 238 g/mol. The molecule has 0 spiro atoms. The molecule has 96 valence electrons. The highest BCUT2D eigenvalue weighted by atomic mass is 16.5. The van der Waals surface area contributed by atoms with Crippen LogP contribution in [0.1, 0.15) is 39.5 Å². The van der Waals surface area contributed by atoms with Gasteiger partial charge in [0.1, 0.15) is 0 Å². The molecule has 2 fully saturated rings. The summed E-state index contributed by atoms with van der Waals surface area (Å²) in [4.78, 5) is 5.41. The molecule has 0 aromatic heterocycles. The molecule has 5 heteroatoms. The smallest absolute Gasteiger partial charge is 0.0654 e. The zero-order valence-corrected chi connectivity index (χ0v) is 10.8. The third kappa shape index (κ3) is 2.57. The van der Waals surface area contributed by atoms with Crippen molar-refractivity contribution >= 4 is 0 Å². The lowest BCUT2D eigenvalue weighted by Crippen LogP contribution is -2.47. The Morgan fingerprint density at radius 3 is 3.06 bits per heavy atom. The molecule has 2 atom stereocenters. The molecule has 0 N–H and O–H groups in total. The van der Waals surface area contributed by atoms with Crippen LogP contribution in [0.3, 0.4) is 0 Å². The zero-order valence-electron chi connectivity index (χ0n) is 10.8. The van der Waals surface area contributed by atoms with Crippen molar-refractivity contribution in [3.63, 3.8) is 0 Å². The van der Waals surface area contributed by atoms with E-state index in [2.05, 4.69) is 28.8 Å². The fourth-order valence-electron chi connectivity index (χ4n) is 3.26. The Balaban J connectivity index is 1.99. The summed E-state index contributed by atoms with van der Waals surface area (Å²) >= 11 is 0. The van der Waals surface area contributed by atoms with Gasteiger partial charge in [0, 0.05) is 23.0 Å². The van der Waals surface area contributed by atoms with Crippen molar-refractivity contribution in [3.05, 3.63) is 10.4 Å². The molecule has 0 aromatic carbocycles. The molecule has 0 saturated carbocycles. The summed E-state index contributed by atoms with van der Waals surface area (Å²) in [5.41, 5.74) is 8.66. The predicted octanol–water partition coefficient (Wildman–Crippen LogP) is 2.72. The molecule has 5 nitrogen and oxygen atoms in total. The van der Waals surface area contributed by atoms with Crippen LogP contribution < -0.4 is 0 Å². The molecular formula is C12H22N4O. The topological polar surface area (TPSA) is 61.2 Å². The van der Waals surface area contributed by atoms with E-state index in [-0.39, 0.29) is 5.54 Å². The normalized spacial score (nSPS) is 32.8. The summed E-state index contributed by atoms with van der Waals surface area (Å²) in [6, 6.07) is 0.434. The fraction of sp³-hybridized carbons (Fsp3) is 1.00. The lowest BCUT2D eigenvalue weighted by Gasteiger charge is -2.35. The number of rotatable bonds is 5. The van der Waals surface area contributed by atoms with E-state index in [1.54, 1.807) is 0 Å². The van der Waals surface area contributed by atoms with Crippen LogP contribution in [-0.4, -0.2) is 42.3 Å². The van der Waals surface area contributed by atoms with Crippen LogP contribution in [0.25, 0.3) is 10.4 Å². The quantitative estimate of drug-likeness (QED) is 0.420. The van der Waals surface area contributed by atoms with Crippen molar-refractivity contribution in [1.82, 2.24) is 4.90 Å². The number of azide groups is 1. The van der Waals surface area contributed by atoms with E-state index < -0.39 is 0 Å². The molecule has 2 rings (SSSR count). The molecule has 17 heavy (non-hydrogen) atoms. The van der Waals surface area contributed by atoms with Crippen molar-refractivity contribution < 1.29 is 4.74 Å². The van der Waals surface area contributed by atoms with Crippen molar-refractivity contribution in [2.24, 2.45) is 5.11 Å². The van der Waals surface area contributed by atoms with Crippen LogP contribution in [0.4, 0.5) is 0 Å². The van der Waals surface area contributed by atoms with Crippen LogP contribution >= 0.6 is 0 Å². The summed E-state index contributed by atoms with van der Waals surface area (Å²) in [6.45, 7) is 6.75. The molecule has 0 aromatic rings. The maximum absolute atomic E-state index is 8.42. The summed E-state index contributed by atoms with van der Waals surface area (Å²) < 4.78 is 5.84. The minimum absolute atomic E-state index is 0.236. The van der Waals surface area contributed by atoms with Gasteiger partial charge in [-0.1, -0.05) is 5.11 Å². The summed E-state index contributed by atoms with van der Waals surface area (Å²) in [5.74, 6) is 0. The Kier molecular flexibility index (Phi) is 3.92. The minimum atomic E-state index is 0.236. The van der Waals surface area contributed by atoms with Crippen molar-refractivity contribution in [3.8, 4) is 0 Å². The van der Waals surface area contributed by atoms with E-state index in [1.165, 1.54) is 19.3 Å². The zero-order chi connectivity index (χ0) is 12.3. The molecule has 2 aliphatic heterocycles. The predicted molar refractivity (Wildman–Crippen MR) is 66.8 cm³/mol. The standard InChI is InChI=1S/C12H22N4O/c1-10(2)17-9-12-5-3-7-16(12)11(4-6-12)8-14-15-13/h10-11H,3-9H2,1-2H3/t11-,12-/m0/s1. The second-order valence-electron chi connectivity index (χ2n) is 5.49. The largest absolute Gasteiger partial charge is 0.377 e. The van der Waals surface area contributed by atoms with Crippen LogP contribution in [0.5, 0.6) is 0 Å². The second kappa shape index (κ2) is 5.25. The van der Waals surface area contributed by atoms with Gasteiger partial charge >= 0.3 is 0 Å². The number of fused-ring (bicyclic) bond motifs is 1. The van der Waals surface area contributed by atoms with E-state index in [0.717, 1.165) is 19.6 Å². The van der Waals surface area contributed by atoms with Crippen molar-refractivity contribution in [2.45, 2.75) is 57.2 Å². The average Bonchev–Trinajstić information content (AvgIpc) is 2.83. The maximum atomic E-state index is 8.42. The van der Waals surface area contributed by atoms with Gasteiger partial charge in [-0.15, -0.1) is 0 Å². The highest BCUT2D eigenvalue weighted by Crippen LogP contribution is 2.42. The molecule has 0 aliphatic carbocycles. The van der Waals surface area contributed by atoms with Crippen LogP contribution in [0, 0.1) is 0 Å². The molecule has 0 bridgehead atoms. The molecule has 2 saturated heterocycles. The molecule has 0 radical (unpaired) electrons. The van der Waals surface area contributed by atoms with Crippen LogP contribution in [0.15, 0.2) is 5.11 Å². The van der Waals surface area contributed by atoms with E-state index in [1.807, 2.05) is 0 Å². The molecule has 0 unspecified atom stereocenters. The number of nitrogens with zero attached hydrogens (tertiary/aromatic N) is 4. The van der Waals surface area contributed by atoms with Gasteiger partial charge in [-0.2, -0.15) is 0 Å². The SMILES string of the molecule is CC(C)OC[C@@]12CCCN1[C@H](CN=[N+]=[N-])CC2. The third-order valence-corrected chi connectivity index (χ3v) is 4.08. The van der Waals surface area contributed by atoms with E-state index in [0.29, 0.717) is 18.7 Å². The van der Waals surface area contributed by atoms with Crippen molar-refractivity contribution in [2.75, 3.05) is 19.7 Å². The van der Waals surface area contributed by atoms with Gasteiger partial charge in [-0.05, 0) is 51.6 Å². The third-order valence-electron chi connectivity index (χ3n) is 4.08. The lowest BCUT2D eigenvalue weighted by molar-refractivity contribution is -0.00425. The van der Waals surface area contributed by atoms with Gasteiger partial charge < -0.3 is 4.74 Å². The first-order chi connectivity index (χ1) is 8.18. The molecule has 2 heterocycles. The highest BCUT2D eigenvalue weighted by molar-refractivity contribution is 5.05. The molecule has 0 amide bonds. The average molecular weight is 238 g/mol. The second-order valence-corrected chi connectivity index (χ2v) is 5.49. The van der Waals surface area contributed by atoms with E-state index >= 15 is 0 Å². The van der Waals surface area contributed by atoms with E-state index in [9.17, 15) is 0 Å². The lowest BCUT2D eigenvalue weighted by atomic mass is 9.95. The highest BCUT2D eigenvalue weighted by Gasteiger charge is 2.48. The van der Waals surface area contributed by atoms with Gasteiger partial charge in [0.25, 0.3) is 0 Å². The first-order valence-electron chi connectivity index (χ1n) is 6.57. The minimum Gasteiger partial charge on any atom is -0.377 e. The van der Waals surface area contributed by atoms with Crippen LogP contribution in [0.2, 0.25) is 0 Å². The Bertz CT molecular complexity index is 314. The first-order valence-corrected chi connectivity index (χ1v) is 6.57. The van der Waals surface area contributed by atoms with Gasteiger partial charge in [-0.25, -0.2) is 0 Å². The summed E-state index contributed by atoms with van der Waals surface area (Å²) in [5, 5.41) is 3.74. The number of hydrogen-bond acceptors (Lipinski definition) is 3. The number of ether oxygens (including phenoxy) is 1. The summed E-state index contributed by atoms with van der Waals surface area (Å²) in [6.07, 6.45) is 5.09. The Morgan fingerprint density at radius 1 is 1.53 bits per heavy atom. The Morgan fingerprint density at radius 2 is 2.35 bits per heavy atom. The Hall–Kier alpha value is -0.770. The van der Waals surface area contributed by atoms with Gasteiger partial charge in [0.15, 0.2) is 0 Å². The summed E-state index contributed by atoms with van der Waals surface area (Å²) in [7, 11) is 0. The molecular weight excluding hydrogens is 216 g/mol. The van der Waals surface area contributed by atoms with Gasteiger partial charge in [0.05, 0.1) is 12.7 Å².